The van der Waals surface area contributed by atoms with Crippen molar-refractivity contribution in [2.45, 2.75) is 17.5 Å². The van der Waals surface area contributed by atoms with Crippen LogP contribution in [-0.2, 0) is 19.4 Å². The maximum Gasteiger partial charge on any atom is 0.191 e. The highest BCUT2D eigenvalue weighted by atomic mass is 35.5. The molecule has 0 aliphatic carbocycles. The fourth-order valence-electron chi connectivity index (χ4n) is 2.21. The third-order valence-electron chi connectivity index (χ3n) is 3.62. The van der Waals surface area contributed by atoms with Crippen LogP contribution in [-0.4, -0.2) is 21.9 Å². The molecule has 0 saturated carbocycles. The molecule has 0 amide bonds. The van der Waals surface area contributed by atoms with Gasteiger partial charge in [-0.3, -0.25) is 0 Å². The lowest BCUT2D eigenvalue weighted by atomic mass is 10.2. The van der Waals surface area contributed by atoms with E-state index in [1.54, 1.807) is 24.9 Å². The SMILES string of the molecule is COc1cccc(CSc2nnc(COc3ccccc3Cl)n2C)c1. The Hall–Kier alpha value is -2.18. The molecule has 1 aromatic heterocycles. The average molecular weight is 376 g/mol. The van der Waals surface area contributed by atoms with Gasteiger partial charge in [-0.05, 0) is 29.8 Å². The number of para-hydroxylation sites is 1. The normalized spacial score (nSPS) is 10.7. The Morgan fingerprint density at radius 3 is 2.76 bits per heavy atom. The van der Waals surface area contributed by atoms with Crippen molar-refractivity contribution < 1.29 is 9.47 Å². The van der Waals surface area contributed by atoms with Crippen LogP contribution in [0.25, 0.3) is 0 Å². The van der Waals surface area contributed by atoms with Crippen molar-refractivity contribution in [1.82, 2.24) is 14.8 Å². The molecule has 130 valence electrons. The fourth-order valence-corrected chi connectivity index (χ4v) is 3.27. The molecule has 0 radical (unpaired) electrons. The molecule has 0 bridgehead atoms. The van der Waals surface area contributed by atoms with Crippen molar-refractivity contribution in [1.29, 1.82) is 0 Å². The minimum Gasteiger partial charge on any atom is -0.497 e. The summed E-state index contributed by atoms with van der Waals surface area (Å²) in [6.45, 7) is 0.312. The lowest BCUT2D eigenvalue weighted by molar-refractivity contribution is 0.290. The summed E-state index contributed by atoms with van der Waals surface area (Å²) in [5, 5.41) is 9.86. The van der Waals surface area contributed by atoms with E-state index in [2.05, 4.69) is 16.3 Å². The number of methoxy groups -OCH3 is 1. The molecule has 0 unspecified atom stereocenters. The van der Waals surface area contributed by atoms with Gasteiger partial charge in [0.1, 0.15) is 18.1 Å². The molecule has 0 aliphatic heterocycles. The van der Waals surface area contributed by atoms with E-state index in [0.717, 1.165) is 22.5 Å². The summed E-state index contributed by atoms with van der Waals surface area (Å²) in [4.78, 5) is 0. The molecule has 0 aliphatic rings. The van der Waals surface area contributed by atoms with E-state index in [0.29, 0.717) is 17.4 Å². The Labute approximate surface area is 155 Å². The summed E-state index contributed by atoms with van der Waals surface area (Å²) in [5.41, 5.74) is 1.17. The van der Waals surface area contributed by atoms with Gasteiger partial charge in [0, 0.05) is 12.8 Å². The molecule has 5 nitrogen and oxygen atoms in total. The molecule has 0 spiro atoms. The van der Waals surface area contributed by atoms with Crippen LogP contribution in [0.5, 0.6) is 11.5 Å². The summed E-state index contributed by atoms with van der Waals surface area (Å²) in [6, 6.07) is 15.4. The maximum atomic E-state index is 6.10. The van der Waals surface area contributed by atoms with E-state index in [1.165, 1.54) is 5.56 Å². The molecule has 2 aromatic carbocycles. The summed E-state index contributed by atoms with van der Waals surface area (Å²) >= 11 is 7.71. The summed E-state index contributed by atoms with van der Waals surface area (Å²) in [7, 11) is 3.60. The van der Waals surface area contributed by atoms with Crippen molar-refractivity contribution in [2.75, 3.05) is 7.11 Å². The molecule has 1 heterocycles. The smallest absolute Gasteiger partial charge is 0.191 e. The van der Waals surface area contributed by atoms with Gasteiger partial charge in [-0.1, -0.05) is 47.6 Å². The summed E-state index contributed by atoms with van der Waals surface area (Å²) in [5.74, 6) is 3.02. The van der Waals surface area contributed by atoms with Gasteiger partial charge in [-0.25, -0.2) is 0 Å². The van der Waals surface area contributed by atoms with Crippen LogP contribution in [0.2, 0.25) is 5.02 Å². The number of hydrogen-bond donors (Lipinski definition) is 0. The molecule has 0 fully saturated rings. The summed E-state index contributed by atoms with van der Waals surface area (Å²) in [6.07, 6.45) is 0. The largest absolute Gasteiger partial charge is 0.497 e. The number of benzene rings is 2. The first-order chi connectivity index (χ1) is 12.2. The maximum absolute atomic E-state index is 6.10. The van der Waals surface area contributed by atoms with Gasteiger partial charge >= 0.3 is 0 Å². The molecule has 7 heteroatoms. The van der Waals surface area contributed by atoms with Crippen LogP contribution in [0.4, 0.5) is 0 Å². The lowest BCUT2D eigenvalue weighted by Crippen LogP contribution is -2.04. The minimum absolute atomic E-state index is 0.312. The van der Waals surface area contributed by atoms with Gasteiger partial charge in [-0.2, -0.15) is 0 Å². The second kappa shape index (κ2) is 8.27. The first-order valence-electron chi connectivity index (χ1n) is 7.68. The Balaban J connectivity index is 1.62. The quantitative estimate of drug-likeness (QED) is 0.574. The van der Waals surface area contributed by atoms with Crippen LogP contribution in [0.3, 0.4) is 0 Å². The highest BCUT2D eigenvalue weighted by Gasteiger charge is 2.11. The Kier molecular flexibility index (Phi) is 5.83. The number of hydrogen-bond acceptors (Lipinski definition) is 5. The lowest BCUT2D eigenvalue weighted by Gasteiger charge is -2.08. The number of thioether (sulfide) groups is 1. The van der Waals surface area contributed by atoms with Gasteiger partial charge in [0.2, 0.25) is 0 Å². The Bertz CT molecular complexity index is 854. The van der Waals surface area contributed by atoms with Crippen LogP contribution >= 0.6 is 23.4 Å². The Morgan fingerprint density at radius 1 is 1.12 bits per heavy atom. The van der Waals surface area contributed by atoms with Gasteiger partial charge in [0.25, 0.3) is 0 Å². The first-order valence-corrected chi connectivity index (χ1v) is 9.05. The van der Waals surface area contributed by atoms with Crippen molar-refractivity contribution in [3.8, 4) is 11.5 Å². The Morgan fingerprint density at radius 2 is 1.96 bits per heavy atom. The van der Waals surface area contributed by atoms with Crippen molar-refractivity contribution >= 4 is 23.4 Å². The fraction of sp³-hybridized carbons (Fsp3) is 0.222. The zero-order valence-electron chi connectivity index (χ0n) is 14.0. The van der Waals surface area contributed by atoms with E-state index in [-0.39, 0.29) is 0 Å². The zero-order valence-corrected chi connectivity index (χ0v) is 15.5. The van der Waals surface area contributed by atoms with Gasteiger partial charge in [-0.15, -0.1) is 10.2 Å². The topological polar surface area (TPSA) is 49.2 Å². The third-order valence-corrected chi connectivity index (χ3v) is 5.02. The van der Waals surface area contributed by atoms with Crippen LogP contribution in [0.1, 0.15) is 11.4 Å². The second-order valence-corrected chi connectivity index (χ2v) is 6.67. The third kappa shape index (κ3) is 4.46. The minimum atomic E-state index is 0.312. The number of rotatable bonds is 7. The van der Waals surface area contributed by atoms with Crippen LogP contribution in [0, 0.1) is 0 Å². The molecule has 0 N–H and O–H groups in total. The molecular weight excluding hydrogens is 358 g/mol. The molecular formula is C18H18ClN3O2S. The molecule has 3 aromatic rings. The standard InChI is InChI=1S/C18H18ClN3O2S/c1-22-17(11-24-16-9-4-3-8-15(16)19)20-21-18(22)25-12-13-6-5-7-14(10-13)23-2/h3-10H,11-12H2,1-2H3. The molecule has 0 saturated heterocycles. The van der Waals surface area contributed by atoms with E-state index in [9.17, 15) is 0 Å². The van der Waals surface area contributed by atoms with Crippen molar-refractivity contribution in [2.24, 2.45) is 7.05 Å². The second-order valence-electron chi connectivity index (χ2n) is 5.32. The first kappa shape index (κ1) is 17.6. The predicted molar refractivity (Wildman–Crippen MR) is 99.3 cm³/mol. The number of halogens is 1. The highest BCUT2D eigenvalue weighted by molar-refractivity contribution is 7.98. The van der Waals surface area contributed by atoms with Gasteiger partial charge < -0.3 is 14.0 Å². The number of aromatic nitrogens is 3. The van der Waals surface area contributed by atoms with E-state index < -0.39 is 0 Å². The average Bonchev–Trinajstić information content (AvgIpc) is 2.99. The molecule has 25 heavy (non-hydrogen) atoms. The number of ether oxygens (including phenoxy) is 2. The zero-order chi connectivity index (χ0) is 17.6. The molecule has 0 atom stereocenters. The van der Waals surface area contributed by atoms with E-state index in [4.69, 9.17) is 21.1 Å². The predicted octanol–water partition coefficient (Wildman–Crippen LogP) is 4.35. The highest BCUT2D eigenvalue weighted by Crippen LogP contribution is 2.26. The van der Waals surface area contributed by atoms with E-state index >= 15 is 0 Å². The van der Waals surface area contributed by atoms with Crippen LogP contribution in [0.15, 0.2) is 53.7 Å². The number of nitrogens with zero attached hydrogens (tertiary/aromatic N) is 3. The summed E-state index contributed by atoms with van der Waals surface area (Å²) < 4.78 is 12.9. The van der Waals surface area contributed by atoms with Crippen molar-refractivity contribution in [3.63, 3.8) is 0 Å². The van der Waals surface area contributed by atoms with Crippen molar-refractivity contribution in [3.05, 3.63) is 64.9 Å². The monoisotopic (exact) mass is 375 g/mol. The molecule has 3 rings (SSSR count). The van der Waals surface area contributed by atoms with Crippen LogP contribution < -0.4 is 9.47 Å². The van der Waals surface area contributed by atoms with E-state index in [1.807, 2.05) is 48.0 Å². The van der Waals surface area contributed by atoms with Gasteiger partial charge in [0.05, 0.1) is 12.1 Å². The van der Waals surface area contributed by atoms with Gasteiger partial charge in [0.15, 0.2) is 11.0 Å².